The molecule has 1 aromatic carbocycles. The second kappa shape index (κ2) is 6.74. The van der Waals surface area contributed by atoms with Crippen LogP contribution in [0.25, 0.3) is 11.3 Å². The van der Waals surface area contributed by atoms with Crippen LogP contribution in [-0.2, 0) is 11.3 Å². The van der Waals surface area contributed by atoms with E-state index in [1.165, 1.54) is 13.1 Å². The molecule has 1 aromatic heterocycles. The van der Waals surface area contributed by atoms with E-state index in [2.05, 4.69) is 10.4 Å². The van der Waals surface area contributed by atoms with Gasteiger partial charge in [-0.25, -0.2) is 13.9 Å². The van der Waals surface area contributed by atoms with Crippen molar-refractivity contribution in [1.82, 2.24) is 15.1 Å². The standard InChI is InChI=1S/C18H22FN3O3/c1-18(2,25-17(23)20-3)9-12-10-22-16(24-11-12)8-15(21-22)13-6-4-5-7-14(13)19/h4-8,12H,9-11H2,1-3H3,(H,20,23). The van der Waals surface area contributed by atoms with Crippen LogP contribution in [-0.4, -0.2) is 35.1 Å². The Morgan fingerprint density at radius 1 is 1.48 bits per heavy atom. The van der Waals surface area contributed by atoms with Crippen LogP contribution < -0.4 is 10.1 Å². The molecule has 1 N–H and O–H groups in total. The lowest BCUT2D eigenvalue weighted by Gasteiger charge is -2.31. The molecule has 1 aliphatic rings. The third-order valence-electron chi connectivity index (χ3n) is 4.14. The Hall–Kier alpha value is -2.57. The molecule has 25 heavy (non-hydrogen) atoms. The minimum absolute atomic E-state index is 0.139. The van der Waals surface area contributed by atoms with Crippen molar-refractivity contribution in [3.63, 3.8) is 0 Å². The Morgan fingerprint density at radius 2 is 2.24 bits per heavy atom. The largest absolute Gasteiger partial charge is 0.477 e. The third-order valence-corrected chi connectivity index (χ3v) is 4.14. The molecule has 0 saturated carbocycles. The molecule has 1 amide bonds. The van der Waals surface area contributed by atoms with E-state index in [4.69, 9.17) is 9.47 Å². The van der Waals surface area contributed by atoms with E-state index < -0.39 is 11.7 Å². The van der Waals surface area contributed by atoms with Gasteiger partial charge in [0.15, 0.2) is 0 Å². The van der Waals surface area contributed by atoms with Crippen molar-refractivity contribution >= 4 is 6.09 Å². The molecule has 0 radical (unpaired) electrons. The number of hydrogen-bond acceptors (Lipinski definition) is 4. The van der Waals surface area contributed by atoms with Gasteiger partial charge in [-0.15, -0.1) is 0 Å². The van der Waals surface area contributed by atoms with Gasteiger partial charge < -0.3 is 14.8 Å². The first kappa shape index (κ1) is 17.3. The highest BCUT2D eigenvalue weighted by Crippen LogP contribution is 2.31. The number of alkyl carbamates (subject to hydrolysis) is 1. The van der Waals surface area contributed by atoms with Crippen LogP contribution in [0.4, 0.5) is 9.18 Å². The number of amides is 1. The Morgan fingerprint density at radius 3 is 2.96 bits per heavy atom. The van der Waals surface area contributed by atoms with Crippen LogP contribution in [0.2, 0.25) is 0 Å². The van der Waals surface area contributed by atoms with Crippen molar-refractivity contribution in [2.75, 3.05) is 13.7 Å². The fourth-order valence-corrected chi connectivity index (χ4v) is 3.11. The summed E-state index contributed by atoms with van der Waals surface area (Å²) in [4.78, 5) is 11.4. The van der Waals surface area contributed by atoms with E-state index in [0.29, 0.717) is 36.7 Å². The van der Waals surface area contributed by atoms with E-state index in [-0.39, 0.29) is 11.7 Å². The van der Waals surface area contributed by atoms with Gasteiger partial charge >= 0.3 is 6.09 Å². The smallest absolute Gasteiger partial charge is 0.407 e. The van der Waals surface area contributed by atoms with E-state index in [0.717, 1.165) is 0 Å². The Kier molecular flexibility index (Phi) is 4.65. The first-order chi connectivity index (χ1) is 11.9. The maximum Gasteiger partial charge on any atom is 0.407 e. The SMILES string of the molecule is CNC(=O)OC(C)(C)CC1COc2cc(-c3ccccc3F)nn2C1. The summed E-state index contributed by atoms with van der Waals surface area (Å²) in [5.74, 6) is 0.453. The van der Waals surface area contributed by atoms with Gasteiger partial charge in [-0.3, -0.25) is 0 Å². The van der Waals surface area contributed by atoms with E-state index in [1.54, 1.807) is 28.9 Å². The van der Waals surface area contributed by atoms with Crippen LogP contribution in [0, 0.1) is 11.7 Å². The van der Waals surface area contributed by atoms with Gasteiger partial charge in [0.25, 0.3) is 0 Å². The zero-order valence-corrected chi connectivity index (χ0v) is 14.6. The summed E-state index contributed by atoms with van der Waals surface area (Å²) in [6, 6.07) is 8.28. The summed E-state index contributed by atoms with van der Waals surface area (Å²) >= 11 is 0. The predicted octanol–water partition coefficient (Wildman–Crippen LogP) is 3.22. The normalized spacial score (nSPS) is 16.7. The molecule has 6 nitrogen and oxygen atoms in total. The Labute approximate surface area is 145 Å². The first-order valence-corrected chi connectivity index (χ1v) is 8.24. The van der Waals surface area contributed by atoms with Crippen LogP contribution >= 0.6 is 0 Å². The van der Waals surface area contributed by atoms with E-state index >= 15 is 0 Å². The highest BCUT2D eigenvalue weighted by molar-refractivity contribution is 5.67. The second-order valence-electron chi connectivity index (χ2n) is 6.81. The van der Waals surface area contributed by atoms with Gasteiger partial charge in [-0.05, 0) is 32.4 Å². The molecular weight excluding hydrogens is 325 g/mol. The third kappa shape index (κ3) is 3.92. The molecule has 0 spiro atoms. The van der Waals surface area contributed by atoms with E-state index in [9.17, 15) is 9.18 Å². The highest BCUT2D eigenvalue weighted by atomic mass is 19.1. The second-order valence-corrected chi connectivity index (χ2v) is 6.81. The lowest BCUT2D eigenvalue weighted by Crippen LogP contribution is -2.38. The summed E-state index contributed by atoms with van der Waals surface area (Å²) in [5, 5.41) is 6.93. The lowest BCUT2D eigenvalue weighted by atomic mass is 9.93. The molecule has 0 fully saturated rings. The molecule has 1 aliphatic heterocycles. The molecule has 7 heteroatoms. The van der Waals surface area contributed by atoms with Crippen molar-refractivity contribution < 1.29 is 18.7 Å². The fourth-order valence-electron chi connectivity index (χ4n) is 3.11. The zero-order chi connectivity index (χ0) is 18.0. The maximum absolute atomic E-state index is 13.9. The molecule has 0 saturated heterocycles. The lowest BCUT2D eigenvalue weighted by molar-refractivity contribution is 0.00706. The van der Waals surface area contributed by atoms with Crippen LogP contribution in [0.3, 0.4) is 0 Å². The monoisotopic (exact) mass is 347 g/mol. The number of halogens is 1. The maximum atomic E-state index is 13.9. The fraction of sp³-hybridized carbons (Fsp3) is 0.444. The molecule has 3 rings (SSSR count). The average molecular weight is 347 g/mol. The van der Waals surface area contributed by atoms with Gasteiger partial charge in [0.1, 0.15) is 11.4 Å². The van der Waals surface area contributed by atoms with Crippen molar-refractivity contribution in [2.24, 2.45) is 5.92 Å². The number of carbonyl (C=O) groups excluding carboxylic acids is 1. The first-order valence-electron chi connectivity index (χ1n) is 8.24. The molecule has 1 atom stereocenters. The van der Waals surface area contributed by atoms with Crippen molar-refractivity contribution in [3.05, 3.63) is 36.1 Å². The van der Waals surface area contributed by atoms with Gasteiger partial charge in [0.2, 0.25) is 5.88 Å². The molecule has 1 unspecified atom stereocenters. The number of fused-ring (bicyclic) bond motifs is 1. The number of carbonyl (C=O) groups is 1. The number of nitrogens with one attached hydrogen (secondary N) is 1. The Bertz CT molecular complexity index is 773. The molecular formula is C18H22FN3O3. The minimum atomic E-state index is -0.618. The summed E-state index contributed by atoms with van der Waals surface area (Å²) in [5.41, 5.74) is 0.384. The summed E-state index contributed by atoms with van der Waals surface area (Å²) < 4.78 is 26.9. The summed E-state index contributed by atoms with van der Waals surface area (Å²) in [6.07, 6.45) is 0.178. The predicted molar refractivity (Wildman–Crippen MR) is 90.8 cm³/mol. The number of ether oxygens (including phenoxy) is 2. The highest BCUT2D eigenvalue weighted by Gasteiger charge is 2.31. The number of rotatable bonds is 4. The zero-order valence-electron chi connectivity index (χ0n) is 14.6. The topological polar surface area (TPSA) is 65.4 Å². The number of hydrogen-bond donors (Lipinski definition) is 1. The quantitative estimate of drug-likeness (QED) is 0.922. The van der Waals surface area contributed by atoms with Crippen LogP contribution in [0.1, 0.15) is 20.3 Å². The van der Waals surface area contributed by atoms with E-state index in [1.807, 2.05) is 13.8 Å². The van der Waals surface area contributed by atoms with Gasteiger partial charge in [0, 0.05) is 24.6 Å². The number of nitrogens with zero attached hydrogens (tertiary/aromatic N) is 2. The number of benzene rings is 1. The van der Waals surface area contributed by atoms with Gasteiger partial charge in [-0.2, -0.15) is 5.10 Å². The molecule has 0 bridgehead atoms. The summed E-state index contributed by atoms with van der Waals surface area (Å²) in [7, 11) is 1.53. The van der Waals surface area contributed by atoms with Gasteiger partial charge in [-0.1, -0.05) is 12.1 Å². The van der Waals surface area contributed by atoms with Crippen LogP contribution in [0.5, 0.6) is 5.88 Å². The molecule has 0 aliphatic carbocycles. The summed E-state index contributed by atoms with van der Waals surface area (Å²) in [6.45, 7) is 4.87. The average Bonchev–Trinajstić information content (AvgIpc) is 2.97. The molecule has 2 heterocycles. The number of aromatic nitrogens is 2. The van der Waals surface area contributed by atoms with Crippen molar-refractivity contribution in [2.45, 2.75) is 32.4 Å². The molecule has 134 valence electrons. The minimum Gasteiger partial charge on any atom is -0.477 e. The van der Waals surface area contributed by atoms with Crippen LogP contribution in [0.15, 0.2) is 30.3 Å². The van der Waals surface area contributed by atoms with Gasteiger partial charge in [0.05, 0.1) is 18.8 Å². The van der Waals surface area contributed by atoms with Crippen molar-refractivity contribution in [3.8, 4) is 17.1 Å². The Balaban J connectivity index is 1.72. The molecule has 2 aromatic rings. The van der Waals surface area contributed by atoms with Crippen molar-refractivity contribution in [1.29, 1.82) is 0 Å².